The Hall–Kier alpha value is -6.47. The lowest BCUT2D eigenvalue weighted by Crippen LogP contribution is -2.27. The zero-order valence-electron chi connectivity index (χ0n) is 32.7. The third-order valence-corrected chi connectivity index (χ3v) is 9.30. The van der Waals surface area contributed by atoms with Gasteiger partial charge in [-0.15, -0.1) is 0 Å². The fraction of sp³-hybridized carbons (Fsp3) is 0.220. The van der Waals surface area contributed by atoms with Crippen molar-refractivity contribution in [3.05, 3.63) is 130 Å². The van der Waals surface area contributed by atoms with Gasteiger partial charge in [-0.1, -0.05) is 13.8 Å². The van der Waals surface area contributed by atoms with E-state index in [2.05, 4.69) is 48.9 Å². The first-order valence-electron chi connectivity index (χ1n) is 18.2. The molecule has 4 aromatic heterocycles. The maximum absolute atomic E-state index is 13.1. The lowest BCUT2D eigenvalue weighted by molar-refractivity contribution is -0.160. The molecule has 0 unspecified atom stereocenters. The van der Waals surface area contributed by atoms with Gasteiger partial charge in [-0.3, -0.25) is 18.7 Å². The summed E-state index contributed by atoms with van der Waals surface area (Å²) in [5, 5.41) is 4.69. The van der Waals surface area contributed by atoms with Gasteiger partial charge in [-0.25, -0.2) is 28.6 Å². The number of hydrogen-bond donors (Lipinski definition) is 1. The van der Waals surface area contributed by atoms with Crippen LogP contribution in [0.15, 0.2) is 112 Å². The van der Waals surface area contributed by atoms with Gasteiger partial charge in [0, 0.05) is 49.5 Å². The van der Waals surface area contributed by atoms with E-state index in [0.29, 0.717) is 51.3 Å². The minimum atomic E-state index is -0.384. The van der Waals surface area contributed by atoms with E-state index in [1.54, 1.807) is 32.6 Å². The van der Waals surface area contributed by atoms with Crippen molar-refractivity contribution in [2.24, 2.45) is 14.1 Å². The average molecular weight is 827 g/mol. The highest BCUT2D eigenvalue weighted by Gasteiger charge is 2.14. The molecule has 0 atom stereocenters. The van der Waals surface area contributed by atoms with E-state index in [-0.39, 0.29) is 34.3 Å². The SMILES string of the molecule is CCN(CC)CCOc1ccc(Nc2ncc3cc(Oc4ccc(F)cc4)c(=O)n(C)c3n2)cc1.COOSc1ncc2cc(Oc3ccc(F)cc3)c(=O)n(C)c2n1. The van der Waals surface area contributed by atoms with Crippen LogP contribution >= 0.6 is 12.0 Å². The Kier molecular flexibility index (Phi) is 14.1. The Balaban J connectivity index is 0.000000213. The number of likely N-dealkylation sites (N-methyl/N-ethyl adjacent to an activating group) is 1. The van der Waals surface area contributed by atoms with Gasteiger partial charge >= 0.3 is 0 Å². The molecular weight excluding hydrogens is 787 g/mol. The first kappa shape index (κ1) is 42.1. The second kappa shape index (κ2) is 19.8. The van der Waals surface area contributed by atoms with Crippen LogP contribution in [0.25, 0.3) is 22.1 Å². The number of benzene rings is 3. The number of nitrogens with one attached hydrogen (secondary N) is 1. The van der Waals surface area contributed by atoms with Crippen molar-refractivity contribution >= 4 is 45.7 Å². The Morgan fingerprint density at radius 3 is 1.75 bits per heavy atom. The van der Waals surface area contributed by atoms with Crippen molar-refractivity contribution < 1.29 is 32.2 Å². The van der Waals surface area contributed by atoms with Crippen LogP contribution in [0.5, 0.6) is 28.7 Å². The Bertz CT molecular complexity index is 2630. The van der Waals surface area contributed by atoms with E-state index in [1.807, 2.05) is 24.3 Å². The third-order valence-electron chi connectivity index (χ3n) is 8.75. The van der Waals surface area contributed by atoms with Crippen molar-refractivity contribution in [1.82, 2.24) is 34.0 Å². The molecule has 0 radical (unpaired) electrons. The van der Waals surface area contributed by atoms with Crippen LogP contribution < -0.4 is 30.6 Å². The molecule has 0 spiro atoms. The molecule has 0 saturated carbocycles. The van der Waals surface area contributed by atoms with Crippen molar-refractivity contribution in [1.29, 1.82) is 0 Å². The van der Waals surface area contributed by atoms with Gasteiger partial charge in [0.25, 0.3) is 11.1 Å². The van der Waals surface area contributed by atoms with Crippen molar-refractivity contribution in [3.63, 3.8) is 0 Å². The van der Waals surface area contributed by atoms with E-state index < -0.39 is 0 Å². The highest BCUT2D eigenvalue weighted by atomic mass is 32.2. The van der Waals surface area contributed by atoms with E-state index in [1.165, 1.54) is 70.8 Å². The zero-order valence-corrected chi connectivity index (χ0v) is 33.5. The summed E-state index contributed by atoms with van der Waals surface area (Å²) in [6, 6.07) is 21.5. The molecule has 0 aliphatic heterocycles. The molecule has 0 saturated heterocycles. The number of halogens is 2. The maximum atomic E-state index is 13.1. The smallest absolute Gasteiger partial charge is 0.294 e. The first-order chi connectivity index (χ1) is 28.5. The van der Waals surface area contributed by atoms with E-state index >= 15 is 0 Å². The number of pyridine rings is 2. The number of anilines is 2. The molecule has 1 N–H and O–H groups in total. The summed E-state index contributed by atoms with van der Waals surface area (Å²) in [7, 11) is 4.55. The van der Waals surface area contributed by atoms with Crippen LogP contribution in [-0.2, 0) is 23.3 Å². The fourth-order valence-corrected chi connectivity index (χ4v) is 5.93. The highest BCUT2D eigenvalue weighted by Crippen LogP contribution is 2.25. The number of ether oxygens (including phenoxy) is 3. The zero-order chi connectivity index (χ0) is 41.9. The molecule has 59 heavy (non-hydrogen) atoms. The number of hydrogen-bond acceptors (Lipinski definition) is 14. The molecule has 0 fully saturated rings. The van der Waals surface area contributed by atoms with Gasteiger partial charge in [0.05, 0.1) is 7.11 Å². The number of rotatable bonds is 15. The minimum absolute atomic E-state index is 0.0914. The molecule has 7 aromatic rings. The fourth-order valence-electron chi connectivity index (χ4n) is 5.58. The van der Waals surface area contributed by atoms with Gasteiger partial charge in [-0.2, -0.15) is 9.32 Å². The molecular formula is C41H40F2N8O7S. The van der Waals surface area contributed by atoms with E-state index in [9.17, 15) is 18.4 Å². The summed E-state index contributed by atoms with van der Waals surface area (Å²) >= 11 is 0.831. The standard InChI is InChI=1S/C26H28FN5O3.C15H12FN3O4S/c1-4-32(5-2)14-15-34-21-12-8-20(9-13-21)29-26-28-17-18-16-23(25(33)31(3)24(18)30-26)35-22-10-6-19(27)7-11-22;1-19-13-9(8-17-15(18-13)24-23-21-2)7-12(14(19)20)22-11-5-3-10(16)4-6-11/h6-13,16-17H,4-5,14-15H2,1-3H3,(H,28,29,30);3-8H,1-2H3. The molecule has 306 valence electrons. The summed E-state index contributed by atoms with van der Waals surface area (Å²) in [6.45, 7) is 7.79. The molecule has 0 bridgehead atoms. The predicted octanol–water partition coefficient (Wildman–Crippen LogP) is 7.57. The summed E-state index contributed by atoms with van der Waals surface area (Å²) in [6.07, 6.45) is 3.16. The third kappa shape index (κ3) is 10.9. The van der Waals surface area contributed by atoms with Crippen LogP contribution in [0.2, 0.25) is 0 Å². The van der Waals surface area contributed by atoms with Gasteiger partial charge in [0.15, 0.2) is 11.5 Å². The topological polar surface area (TPSA) is 157 Å². The Labute approximate surface area is 341 Å². The summed E-state index contributed by atoms with van der Waals surface area (Å²) in [4.78, 5) is 49.2. The Morgan fingerprint density at radius 2 is 1.22 bits per heavy atom. The largest absolute Gasteiger partial charge is 0.492 e. The van der Waals surface area contributed by atoms with Crippen molar-refractivity contribution in [2.75, 3.05) is 38.7 Å². The van der Waals surface area contributed by atoms with E-state index in [0.717, 1.165) is 43.1 Å². The molecule has 18 heteroatoms. The number of aromatic nitrogens is 6. The van der Waals surface area contributed by atoms with Gasteiger partial charge in [0.2, 0.25) is 11.1 Å². The summed E-state index contributed by atoms with van der Waals surface area (Å²) < 4.78 is 50.5. The average Bonchev–Trinajstić information content (AvgIpc) is 3.25. The highest BCUT2D eigenvalue weighted by molar-refractivity contribution is 7.94. The van der Waals surface area contributed by atoms with Crippen LogP contribution in [0.1, 0.15) is 13.8 Å². The molecule has 0 amide bonds. The van der Waals surface area contributed by atoms with Gasteiger partial charge < -0.3 is 24.4 Å². The Morgan fingerprint density at radius 1 is 0.712 bits per heavy atom. The first-order valence-corrected chi connectivity index (χ1v) is 19.0. The number of aryl methyl sites for hydroxylation is 2. The van der Waals surface area contributed by atoms with Crippen molar-refractivity contribution in [2.45, 2.75) is 19.0 Å². The molecule has 0 aliphatic carbocycles. The predicted molar refractivity (Wildman–Crippen MR) is 219 cm³/mol. The van der Waals surface area contributed by atoms with E-state index in [4.69, 9.17) is 18.5 Å². The molecule has 15 nitrogen and oxygen atoms in total. The van der Waals surface area contributed by atoms with Crippen LogP contribution in [0.3, 0.4) is 0 Å². The number of fused-ring (bicyclic) bond motifs is 2. The molecule has 0 aliphatic rings. The molecule has 4 heterocycles. The van der Waals surface area contributed by atoms with Crippen LogP contribution in [0, 0.1) is 11.6 Å². The lowest BCUT2D eigenvalue weighted by atomic mass is 10.3. The number of nitrogens with zero attached hydrogens (tertiary/aromatic N) is 7. The van der Waals surface area contributed by atoms with Gasteiger partial charge in [-0.05, 0) is 98.0 Å². The van der Waals surface area contributed by atoms with Crippen molar-refractivity contribution in [3.8, 4) is 28.7 Å². The van der Waals surface area contributed by atoms with Gasteiger partial charge in [0.1, 0.15) is 58.8 Å². The lowest BCUT2D eigenvalue weighted by Gasteiger charge is -2.18. The second-order valence-electron chi connectivity index (χ2n) is 12.6. The second-order valence-corrected chi connectivity index (χ2v) is 13.3. The van der Waals surface area contributed by atoms with Crippen LogP contribution in [-0.4, -0.2) is 67.3 Å². The maximum Gasteiger partial charge on any atom is 0.294 e. The monoisotopic (exact) mass is 826 g/mol. The summed E-state index contributed by atoms with van der Waals surface area (Å²) in [5.41, 5.74) is 0.924. The quantitative estimate of drug-likeness (QED) is 0.0467. The summed E-state index contributed by atoms with van der Waals surface area (Å²) in [5.74, 6) is 1.30. The molecule has 3 aromatic carbocycles. The van der Waals surface area contributed by atoms with Crippen LogP contribution in [0.4, 0.5) is 20.4 Å². The molecule has 7 rings (SSSR count). The normalized spacial score (nSPS) is 11.1. The minimum Gasteiger partial charge on any atom is -0.492 e.